The van der Waals surface area contributed by atoms with Crippen molar-refractivity contribution in [3.05, 3.63) is 66.0 Å². The van der Waals surface area contributed by atoms with Crippen LogP contribution < -0.4 is 0 Å². The van der Waals surface area contributed by atoms with Crippen LogP contribution >= 0.6 is 0 Å². The summed E-state index contributed by atoms with van der Waals surface area (Å²) in [5.41, 5.74) is 3.95. The van der Waals surface area contributed by atoms with Crippen LogP contribution in [0.2, 0.25) is 0 Å². The Morgan fingerprint density at radius 3 is 2.23 bits per heavy atom. The number of benzene rings is 2. The lowest BCUT2D eigenvalue weighted by Gasteiger charge is -2.47. The van der Waals surface area contributed by atoms with E-state index in [0.717, 1.165) is 50.2 Å². The van der Waals surface area contributed by atoms with Crippen molar-refractivity contribution in [2.24, 2.45) is 5.41 Å². The predicted molar refractivity (Wildman–Crippen MR) is 176 cm³/mol. The minimum atomic E-state index is -0.0881. The molecule has 0 aliphatic carbocycles. The van der Waals surface area contributed by atoms with E-state index in [9.17, 15) is 4.79 Å². The average Bonchev–Trinajstić information content (AvgIpc) is 3.46. The third-order valence-corrected chi connectivity index (χ3v) is 11.7. The number of nitrogens with zero attached hydrogens (tertiary/aromatic N) is 5. The fraction of sp³-hybridized carbons (Fsp3) is 0.622. The molecule has 2 aromatic carbocycles. The van der Waals surface area contributed by atoms with Crippen LogP contribution in [-0.4, -0.2) is 82.0 Å². The largest absolute Gasteiger partial charge is 0.341 e. The molecule has 43 heavy (non-hydrogen) atoms. The lowest BCUT2D eigenvalue weighted by molar-refractivity contribution is -0.142. The Kier molecular flexibility index (Phi) is 8.47. The molecule has 232 valence electrons. The summed E-state index contributed by atoms with van der Waals surface area (Å²) in [5, 5.41) is 0. The van der Waals surface area contributed by atoms with Gasteiger partial charge >= 0.3 is 0 Å². The minimum absolute atomic E-state index is 0.0541. The van der Waals surface area contributed by atoms with E-state index in [2.05, 4.69) is 116 Å². The molecule has 0 saturated carbocycles. The Bertz CT molecular complexity index is 1390. The molecule has 2 unspecified atom stereocenters. The van der Waals surface area contributed by atoms with Gasteiger partial charge in [-0.05, 0) is 107 Å². The van der Waals surface area contributed by atoms with Gasteiger partial charge in [-0.2, -0.15) is 0 Å². The van der Waals surface area contributed by atoms with Gasteiger partial charge in [0, 0.05) is 31.2 Å². The molecular weight excluding hydrogens is 530 g/mol. The van der Waals surface area contributed by atoms with Gasteiger partial charge in [0.05, 0.1) is 17.1 Å². The number of aromatic nitrogens is 2. The second-order valence-electron chi connectivity index (χ2n) is 14.7. The normalized spacial score (nSPS) is 25.0. The monoisotopic (exact) mass is 583 g/mol. The number of likely N-dealkylation sites (tertiary alicyclic amines) is 1. The molecular formula is C37H53N5O. The lowest BCUT2D eigenvalue weighted by atomic mass is 9.70. The minimum Gasteiger partial charge on any atom is -0.341 e. The summed E-state index contributed by atoms with van der Waals surface area (Å²) in [6.07, 6.45) is 9.30. The van der Waals surface area contributed by atoms with E-state index in [0.29, 0.717) is 24.0 Å². The highest BCUT2D eigenvalue weighted by Crippen LogP contribution is 2.45. The van der Waals surface area contributed by atoms with E-state index in [1.54, 1.807) is 0 Å². The molecule has 1 amide bonds. The van der Waals surface area contributed by atoms with Crippen molar-refractivity contribution in [1.29, 1.82) is 0 Å². The van der Waals surface area contributed by atoms with Crippen LogP contribution in [-0.2, 0) is 10.2 Å². The summed E-state index contributed by atoms with van der Waals surface area (Å²) in [6, 6.07) is 21.6. The maximum Gasteiger partial charge on any atom is 0.240 e. The number of hydrogen-bond acceptors (Lipinski definition) is 4. The molecule has 3 aromatic rings. The molecule has 3 atom stereocenters. The van der Waals surface area contributed by atoms with Crippen molar-refractivity contribution in [3.8, 4) is 0 Å². The fourth-order valence-corrected chi connectivity index (χ4v) is 9.04. The Labute approximate surface area is 259 Å². The van der Waals surface area contributed by atoms with Crippen LogP contribution in [0.1, 0.15) is 89.6 Å². The summed E-state index contributed by atoms with van der Waals surface area (Å²) < 4.78 is 2.54. The Balaban J connectivity index is 1.16. The fourth-order valence-electron chi connectivity index (χ4n) is 9.04. The highest BCUT2D eigenvalue weighted by molar-refractivity contribution is 5.83. The molecule has 3 aliphatic heterocycles. The number of imidazole rings is 1. The molecule has 3 fully saturated rings. The molecule has 2 bridgehead atoms. The molecule has 6 rings (SSSR count). The lowest BCUT2D eigenvalue weighted by Crippen LogP contribution is -2.56. The van der Waals surface area contributed by atoms with Gasteiger partial charge in [-0.1, -0.05) is 63.2 Å². The first-order valence-corrected chi connectivity index (χ1v) is 16.8. The predicted octanol–water partition coefficient (Wildman–Crippen LogP) is 6.83. The van der Waals surface area contributed by atoms with Crippen molar-refractivity contribution in [3.63, 3.8) is 0 Å². The average molecular weight is 584 g/mol. The first-order chi connectivity index (χ1) is 20.6. The van der Waals surface area contributed by atoms with Gasteiger partial charge in [-0.15, -0.1) is 0 Å². The van der Waals surface area contributed by atoms with Crippen LogP contribution in [0.3, 0.4) is 0 Å². The van der Waals surface area contributed by atoms with E-state index in [-0.39, 0.29) is 16.9 Å². The number of carbonyl (C=O) groups is 1. The summed E-state index contributed by atoms with van der Waals surface area (Å²) in [5.74, 6) is 1.46. The summed E-state index contributed by atoms with van der Waals surface area (Å²) in [6.45, 7) is 11.7. The van der Waals surface area contributed by atoms with E-state index >= 15 is 0 Å². The third kappa shape index (κ3) is 5.66. The SMILES string of the molecule is CCC(C)(C)[C@@H](C(=O)N1CCC(CCN2C3CCC2CC(n2c(C)nc4ccccc42)C3)(c2ccccc2)CC1)N(C)C. The van der Waals surface area contributed by atoms with Crippen LogP contribution in [0.5, 0.6) is 0 Å². The molecule has 0 N–H and O–H groups in total. The summed E-state index contributed by atoms with van der Waals surface area (Å²) in [4.78, 5) is 26.0. The van der Waals surface area contributed by atoms with Gasteiger partial charge in [0.25, 0.3) is 0 Å². The summed E-state index contributed by atoms with van der Waals surface area (Å²) in [7, 11) is 4.12. The number of para-hydroxylation sites is 2. The van der Waals surface area contributed by atoms with Crippen molar-refractivity contribution in [2.45, 2.75) is 109 Å². The zero-order valence-electron chi connectivity index (χ0n) is 27.4. The first kappa shape index (κ1) is 30.3. The quantitative estimate of drug-likeness (QED) is 0.277. The molecule has 3 saturated heterocycles. The molecule has 6 nitrogen and oxygen atoms in total. The van der Waals surface area contributed by atoms with Gasteiger partial charge in [0.15, 0.2) is 0 Å². The number of aryl methyl sites for hydroxylation is 1. The van der Waals surface area contributed by atoms with E-state index in [1.165, 1.54) is 43.2 Å². The number of carbonyl (C=O) groups excluding carboxylic acids is 1. The van der Waals surface area contributed by atoms with Crippen LogP contribution in [0, 0.1) is 12.3 Å². The van der Waals surface area contributed by atoms with E-state index in [4.69, 9.17) is 4.98 Å². The molecule has 3 aliphatic rings. The maximum atomic E-state index is 13.9. The standard InChI is InChI=1S/C37H53N5O/c1-7-36(3,4)34(39(5)6)35(43)40-22-19-37(20-23-40,28-13-9-8-10-14-28)21-24-41-29-17-18-30(41)26-31(25-29)42-27(2)38-32-15-11-12-16-33(32)42/h8-16,29-31,34H,7,17-26H2,1-6H3/t29?,30?,31?,34-/m1/s1. The first-order valence-electron chi connectivity index (χ1n) is 16.8. The summed E-state index contributed by atoms with van der Waals surface area (Å²) >= 11 is 0. The highest BCUT2D eigenvalue weighted by atomic mass is 16.2. The molecule has 1 aromatic heterocycles. The van der Waals surface area contributed by atoms with Crippen molar-refractivity contribution >= 4 is 16.9 Å². The topological polar surface area (TPSA) is 44.6 Å². The number of likely N-dealkylation sites (N-methyl/N-ethyl adjacent to an activating group) is 1. The van der Waals surface area contributed by atoms with Crippen LogP contribution in [0.4, 0.5) is 0 Å². The zero-order valence-corrected chi connectivity index (χ0v) is 27.4. The highest BCUT2D eigenvalue weighted by Gasteiger charge is 2.45. The molecule has 6 heteroatoms. The Morgan fingerprint density at radius 2 is 1.60 bits per heavy atom. The maximum absolute atomic E-state index is 13.9. The molecule has 0 radical (unpaired) electrons. The van der Waals surface area contributed by atoms with Gasteiger partial charge in [0.2, 0.25) is 5.91 Å². The van der Waals surface area contributed by atoms with E-state index in [1.807, 2.05) is 0 Å². The van der Waals surface area contributed by atoms with Crippen molar-refractivity contribution < 1.29 is 4.79 Å². The van der Waals surface area contributed by atoms with Crippen molar-refractivity contribution in [2.75, 3.05) is 33.7 Å². The van der Waals surface area contributed by atoms with Gasteiger partial charge in [-0.25, -0.2) is 4.98 Å². The second kappa shape index (κ2) is 12.0. The smallest absolute Gasteiger partial charge is 0.240 e. The van der Waals surface area contributed by atoms with Crippen molar-refractivity contribution in [1.82, 2.24) is 24.3 Å². The number of amides is 1. The third-order valence-electron chi connectivity index (χ3n) is 11.7. The van der Waals surface area contributed by atoms with Gasteiger partial charge < -0.3 is 9.47 Å². The van der Waals surface area contributed by atoms with Crippen LogP contribution in [0.15, 0.2) is 54.6 Å². The van der Waals surface area contributed by atoms with Gasteiger partial charge in [-0.3, -0.25) is 14.6 Å². The Morgan fingerprint density at radius 1 is 0.977 bits per heavy atom. The van der Waals surface area contributed by atoms with E-state index < -0.39 is 0 Å². The zero-order chi connectivity index (χ0) is 30.4. The second-order valence-corrected chi connectivity index (χ2v) is 14.7. The Hall–Kier alpha value is -2.70. The molecule has 4 heterocycles. The number of rotatable bonds is 9. The van der Waals surface area contributed by atoms with Crippen LogP contribution in [0.25, 0.3) is 11.0 Å². The number of hydrogen-bond donors (Lipinski definition) is 0. The number of piperidine rings is 2. The molecule has 0 spiro atoms. The van der Waals surface area contributed by atoms with Gasteiger partial charge in [0.1, 0.15) is 5.82 Å². The number of fused-ring (bicyclic) bond motifs is 3.